The number of methoxy groups -OCH3 is 2. The third kappa shape index (κ3) is 4.10. The van der Waals surface area contributed by atoms with Crippen molar-refractivity contribution in [2.45, 2.75) is 18.4 Å². The molecule has 0 spiro atoms. The van der Waals surface area contributed by atoms with E-state index in [0.717, 1.165) is 5.69 Å². The average Bonchev–Trinajstić information content (AvgIpc) is 3.12. The topological polar surface area (TPSA) is 108 Å². The first-order chi connectivity index (χ1) is 13.3. The molecule has 0 bridgehead atoms. The summed E-state index contributed by atoms with van der Waals surface area (Å²) in [4.78, 5) is 4.23. The van der Waals surface area contributed by atoms with Gasteiger partial charge in [-0.3, -0.25) is 0 Å². The summed E-state index contributed by atoms with van der Waals surface area (Å²) in [6.45, 7) is 1.88. The maximum Gasteiger partial charge on any atom is 0.243 e. The Labute approximate surface area is 164 Å². The number of aromatic nitrogens is 2. The number of hydrogen-bond acceptors (Lipinski definition) is 6. The van der Waals surface area contributed by atoms with Crippen molar-refractivity contribution in [3.05, 3.63) is 60.2 Å². The molecule has 3 N–H and O–H groups in total. The Hall–Kier alpha value is -3.04. The number of ether oxygens (including phenoxy) is 2. The van der Waals surface area contributed by atoms with Gasteiger partial charge in [-0.2, -0.15) is 0 Å². The highest BCUT2D eigenvalue weighted by Crippen LogP contribution is 2.26. The molecule has 3 rings (SSSR count). The minimum absolute atomic E-state index is 0.0483. The third-order valence-corrected chi connectivity index (χ3v) is 5.64. The number of nitrogen functional groups attached to an aromatic ring is 1. The van der Waals surface area contributed by atoms with Gasteiger partial charge in [0.25, 0.3) is 0 Å². The number of rotatable bonds is 7. The standard InChI is InChI=1S/C19H22N4O4S/c1-13-11-23(12-21-13)17-7-5-15(20)8-19(17)28(24,25)22-10-14-4-6-16(26-2)9-18(14)27-3/h4-9,11-12,22H,10,20H2,1-3H3. The number of aryl methyl sites for hydroxylation is 1. The molecule has 0 aliphatic rings. The van der Waals surface area contributed by atoms with Crippen LogP contribution in [-0.4, -0.2) is 32.2 Å². The predicted molar refractivity (Wildman–Crippen MR) is 106 cm³/mol. The van der Waals surface area contributed by atoms with Crippen LogP contribution in [0.4, 0.5) is 5.69 Å². The summed E-state index contributed by atoms with van der Waals surface area (Å²) in [6.07, 6.45) is 3.31. The number of nitrogens with zero attached hydrogens (tertiary/aromatic N) is 2. The second-order valence-corrected chi connectivity index (χ2v) is 7.89. The number of benzene rings is 2. The van der Waals surface area contributed by atoms with Crippen molar-refractivity contribution in [2.75, 3.05) is 20.0 Å². The van der Waals surface area contributed by atoms with Crippen LogP contribution < -0.4 is 19.9 Å². The average molecular weight is 402 g/mol. The quantitative estimate of drug-likeness (QED) is 0.587. The zero-order valence-corrected chi connectivity index (χ0v) is 16.7. The van der Waals surface area contributed by atoms with Gasteiger partial charge >= 0.3 is 0 Å². The molecule has 0 amide bonds. The summed E-state index contributed by atoms with van der Waals surface area (Å²) in [7, 11) is -0.787. The molecule has 0 saturated carbocycles. The van der Waals surface area contributed by atoms with Gasteiger partial charge in [0.1, 0.15) is 16.4 Å². The summed E-state index contributed by atoms with van der Waals surface area (Å²) in [5.41, 5.74) is 8.10. The van der Waals surface area contributed by atoms with E-state index in [2.05, 4.69) is 9.71 Å². The first-order valence-corrected chi connectivity index (χ1v) is 9.93. The number of sulfonamides is 1. The lowest BCUT2D eigenvalue weighted by Crippen LogP contribution is -2.25. The van der Waals surface area contributed by atoms with Crippen LogP contribution in [0.5, 0.6) is 11.5 Å². The molecular weight excluding hydrogens is 380 g/mol. The first-order valence-electron chi connectivity index (χ1n) is 8.45. The SMILES string of the molecule is COc1ccc(CNS(=O)(=O)c2cc(N)ccc2-n2cnc(C)c2)c(OC)c1. The Morgan fingerprint density at radius 3 is 2.57 bits per heavy atom. The maximum absolute atomic E-state index is 13.0. The van der Waals surface area contributed by atoms with Gasteiger partial charge in [-0.1, -0.05) is 6.07 Å². The van der Waals surface area contributed by atoms with E-state index in [-0.39, 0.29) is 11.4 Å². The van der Waals surface area contributed by atoms with Gasteiger partial charge in [0.2, 0.25) is 10.0 Å². The minimum Gasteiger partial charge on any atom is -0.497 e. The molecule has 28 heavy (non-hydrogen) atoms. The maximum atomic E-state index is 13.0. The Kier molecular flexibility index (Phi) is 5.57. The molecule has 0 fully saturated rings. The molecule has 0 saturated heterocycles. The molecule has 0 aliphatic carbocycles. The largest absolute Gasteiger partial charge is 0.497 e. The molecule has 1 heterocycles. The zero-order chi connectivity index (χ0) is 20.3. The molecule has 148 valence electrons. The van der Waals surface area contributed by atoms with Crippen LogP contribution >= 0.6 is 0 Å². The van der Waals surface area contributed by atoms with Crippen LogP contribution in [-0.2, 0) is 16.6 Å². The molecule has 0 radical (unpaired) electrons. The third-order valence-electron chi connectivity index (χ3n) is 4.21. The summed E-state index contributed by atoms with van der Waals surface area (Å²) in [5, 5.41) is 0. The van der Waals surface area contributed by atoms with Crippen LogP contribution in [0, 0.1) is 6.92 Å². The van der Waals surface area contributed by atoms with Gasteiger partial charge in [0.15, 0.2) is 0 Å². The van der Waals surface area contributed by atoms with Crippen molar-refractivity contribution < 1.29 is 17.9 Å². The van der Waals surface area contributed by atoms with Gasteiger partial charge < -0.3 is 19.8 Å². The van der Waals surface area contributed by atoms with Gasteiger partial charge in [-0.15, -0.1) is 0 Å². The number of imidazole rings is 1. The second-order valence-electron chi connectivity index (χ2n) is 6.15. The van der Waals surface area contributed by atoms with E-state index in [9.17, 15) is 8.42 Å². The number of nitrogens with one attached hydrogen (secondary N) is 1. The fourth-order valence-corrected chi connectivity index (χ4v) is 4.00. The lowest BCUT2D eigenvalue weighted by Gasteiger charge is -2.14. The van der Waals surface area contributed by atoms with Gasteiger partial charge in [-0.25, -0.2) is 18.1 Å². The Morgan fingerprint density at radius 2 is 1.93 bits per heavy atom. The Morgan fingerprint density at radius 1 is 1.14 bits per heavy atom. The van der Waals surface area contributed by atoms with E-state index >= 15 is 0 Å². The van der Waals surface area contributed by atoms with Gasteiger partial charge in [-0.05, 0) is 31.2 Å². The Balaban J connectivity index is 1.93. The normalized spacial score (nSPS) is 11.4. The number of hydrogen-bond donors (Lipinski definition) is 2. The summed E-state index contributed by atoms with van der Waals surface area (Å²) < 4.78 is 40.8. The number of nitrogens with two attached hydrogens (primary N) is 1. The van der Waals surface area contributed by atoms with E-state index in [0.29, 0.717) is 28.4 Å². The van der Waals surface area contributed by atoms with E-state index < -0.39 is 10.0 Å². The molecule has 2 aromatic carbocycles. The molecule has 0 aliphatic heterocycles. The van der Waals surface area contributed by atoms with Crippen molar-refractivity contribution in [1.29, 1.82) is 0 Å². The summed E-state index contributed by atoms with van der Waals surface area (Å²) in [5.74, 6) is 1.15. The van der Waals surface area contributed by atoms with E-state index in [1.807, 2.05) is 6.92 Å². The zero-order valence-electron chi connectivity index (χ0n) is 15.8. The van der Waals surface area contributed by atoms with Crippen LogP contribution in [0.25, 0.3) is 5.69 Å². The molecule has 8 nitrogen and oxygen atoms in total. The van der Waals surface area contributed by atoms with Gasteiger partial charge in [0.05, 0.1) is 31.9 Å². The number of anilines is 1. The summed E-state index contributed by atoms with van der Waals surface area (Å²) in [6, 6.07) is 9.92. The minimum atomic E-state index is -3.86. The first kappa shape index (κ1) is 19.7. The van der Waals surface area contributed by atoms with Crippen molar-refractivity contribution in [1.82, 2.24) is 14.3 Å². The molecule has 9 heteroatoms. The highest BCUT2D eigenvalue weighted by Gasteiger charge is 2.21. The van der Waals surface area contributed by atoms with E-state index in [4.69, 9.17) is 15.2 Å². The molecular formula is C19H22N4O4S. The fraction of sp³-hybridized carbons (Fsp3) is 0.211. The van der Waals surface area contributed by atoms with Crippen LogP contribution in [0.2, 0.25) is 0 Å². The van der Waals surface area contributed by atoms with Crippen molar-refractivity contribution in [2.24, 2.45) is 0 Å². The molecule has 0 atom stereocenters. The molecule has 3 aromatic rings. The highest BCUT2D eigenvalue weighted by molar-refractivity contribution is 7.89. The van der Waals surface area contributed by atoms with Crippen LogP contribution in [0.1, 0.15) is 11.3 Å². The van der Waals surface area contributed by atoms with E-state index in [1.165, 1.54) is 13.2 Å². The lowest BCUT2D eigenvalue weighted by atomic mass is 10.2. The lowest BCUT2D eigenvalue weighted by molar-refractivity contribution is 0.390. The molecule has 0 unspecified atom stereocenters. The fourth-order valence-electron chi connectivity index (χ4n) is 2.76. The van der Waals surface area contributed by atoms with Crippen LogP contribution in [0.3, 0.4) is 0 Å². The predicted octanol–water partition coefficient (Wildman–Crippen LogP) is 2.26. The van der Waals surface area contributed by atoms with Crippen molar-refractivity contribution >= 4 is 15.7 Å². The van der Waals surface area contributed by atoms with E-state index in [1.54, 1.807) is 54.5 Å². The van der Waals surface area contributed by atoms with Crippen molar-refractivity contribution in [3.8, 4) is 17.2 Å². The smallest absolute Gasteiger partial charge is 0.243 e. The monoisotopic (exact) mass is 402 g/mol. The highest BCUT2D eigenvalue weighted by atomic mass is 32.2. The Bertz CT molecular complexity index is 1090. The second kappa shape index (κ2) is 7.91. The molecule has 1 aromatic heterocycles. The van der Waals surface area contributed by atoms with Crippen molar-refractivity contribution in [3.63, 3.8) is 0 Å². The van der Waals surface area contributed by atoms with Crippen LogP contribution in [0.15, 0.2) is 53.8 Å². The summed E-state index contributed by atoms with van der Waals surface area (Å²) >= 11 is 0. The van der Waals surface area contributed by atoms with Gasteiger partial charge in [0, 0.05) is 30.1 Å².